The van der Waals surface area contributed by atoms with Crippen molar-refractivity contribution >= 4 is 22.8 Å². The zero-order chi connectivity index (χ0) is 18.7. The van der Waals surface area contributed by atoms with Gasteiger partial charge in [-0.2, -0.15) is 0 Å². The first-order chi connectivity index (χ1) is 11.7. The third-order valence-electron chi connectivity index (χ3n) is 4.42. The van der Waals surface area contributed by atoms with E-state index in [1.807, 2.05) is 26.0 Å². The van der Waals surface area contributed by atoms with Crippen molar-refractivity contribution in [2.45, 2.75) is 48.5 Å². The molecule has 0 spiro atoms. The Balaban J connectivity index is 0.00000338. The monoisotopic (exact) mass is 409 g/mol. The average molecular weight is 410 g/mol. The summed E-state index contributed by atoms with van der Waals surface area (Å²) in [6, 6.07) is 8.37. The van der Waals surface area contributed by atoms with Crippen LogP contribution in [0.4, 0.5) is 11.4 Å². The molecule has 2 rings (SSSR count). The van der Waals surface area contributed by atoms with Gasteiger partial charge >= 0.3 is 0 Å². The predicted octanol–water partition coefficient (Wildman–Crippen LogP) is 6.57. The summed E-state index contributed by atoms with van der Waals surface area (Å²) in [6.45, 7) is 14.5. The first kappa shape index (κ1) is 25.1. The van der Waals surface area contributed by atoms with Gasteiger partial charge in [0, 0.05) is 16.5 Å². The third kappa shape index (κ3) is 6.04. The number of nitrogens with zero attached hydrogens (tertiary/aromatic N) is 2. The molecule has 4 heteroatoms. The van der Waals surface area contributed by atoms with Crippen molar-refractivity contribution in [1.82, 2.24) is 0 Å². The molecule has 0 aliphatic heterocycles. The zero-order valence-electron chi connectivity index (χ0n) is 17.9. The largest absolute Gasteiger partial charge is 0.497 e. The fourth-order valence-corrected chi connectivity index (χ4v) is 3.06. The van der Waals surface area contributed by atoms with Gasteiger partial charge in [0.05, 0.1) is 29.9 Å². The first-order valence-corrected chi connectivity index (χ1v) is 8.57. The maximum absolute atomic E-state index is 5.33. The molecule has 0 unspecified atom stereocenters. The van der Waals surface area contributed by atoms with E-state index >= 15 is 0 Å². The van der Waals surface area contributed by atoms with Gasteiger partial charge in [-0.1, -0.05) is 17.7 Å². The summed E-state index contributed by atoms with van der Waals surface area (Å²) < 4.78 is 5.33. The van der Waals surface area contributed by atoms with Crippen LogP contribution in [0.25, 0.3) is 0 Å². The van der Waals surface area contributed by atoms with Gasteiger partial charge in [-0.15, -0.1) is 0 Å². The van der Waals surface area contributed by atoms with Gasteiger partial charge in [0.15, 0.2) is 0 Å². The van der Waals surface area contributed by atoms with Crippen molar-refractivity contribution in [2.75, 3.05) is 7.11 Å². The number of ether oxygens (including phenoxy) is 1. The van der Waals surface area contributed by atoms with Gasteiger partial charge in [-0.3, -0.25) is 9.98 Å². The number of hydrogen-bond donors (Lipinski definition) is 0. The maximum Gasteiger partial charge on any atom is 0.119 e. The molecular formula is C23H31N2NiO-. The second kappa shape index (κ2) is 10.4. The third-order valence-corrected chi connectivity index (χ3v) is 4.42. The minimum absolute atomic E-state index is 0. The number of rotatable bonds is 4. The molecule has 0 amide bonds. The number of aliphatic imine (C=N–C) groups is 2. The van der Waals surface area contributed by atoms with Crippen molar-refractivity contribution in [3.05, 3.63) is 59.5 Å². The molecule has 0 heterocycles. The molecule has 0 saturated carbocycles. The van der Waals surface area contributed by atoms with Gasteiger partial charge in [-0.25, -0.2) is 0 Å². The van der Waals surface area contributed by atoms with E-state index in [4.69, 9.17) is 14.7 Å². The number of benzene rings is 2. The van der Waals surface area contributed by atoms with E-state index in [9.17, 15) is 0 Å². The molecule has 0 aliphatic rings. The SMILES string of the molecule is COc1cc(C)c(N=C(C)C(C)=Nc2c(C)cc(C)cc2C)c(C)c1.[CH3-].[Ni]. The second-order valence-corrected chi connectivity index (χ2v) is 6.75. The Kier molecular flexibility index (Phi) is 9.68. The average Bonchev–Trinajstić information content (AvgIpc) is 2.53. The molecule has 0 radical (unpaired) electrons. The van der Waals surface area contributed by atoms with Crippen LogP contribution in [-0.4, -0.2) is 18.5 Å². The Morgan fingerprint density at radius 2 is 1.04 bits per heavy atom. The van der Waals surface area contributed by atoms with E-state index in [0.29, 0.717) is 0 Å². The van der Waals surface area contributed by atoms with E-state index in [0.717, 1.165) is 39.7 Å². The fourth-order valence-electron chi connectivity index (χ4n) is 3.06. The number of aryl methyl sites for hydroxylation is 5. The van der Waals surface area contributed by atoms with Crippen LogP contribution in [0.15, 0.2) is 34.3 Å². The molecule has 2 aromatic carbocycles. The minimum Gasteiger partial charge on any atom is -0.497 e. The van der Waals surface area contributed by atoms with Gasteiger partial charge < -0.3 is 12.2 Å². The van der Waals surface area contributed by atoms with Crippen LogP contribution in [0, 0.1) is 42.0 Å². The van der Waals surface area contributed by atoms with Gasteiger partial charge in [-0.05, 0) is 82.9 Å². The summed E-state index contributed by atoms with van der Waals surface area (Å²) in [5.41, 5.74) is 9.76. The molecular weight excluding hydrogens is 379 g/mol. The van der Waals surface area contributed by atoms with E-state index in [-0.39, 0.29) is 23.9 Å². The van der Waals surface area contributed by atoms with Crippen LogP contribution >= 0.6 is 0 Å². The number of methoxy groups -OCH3 is 1. The van der Waals surface area contributed by atoms with E-state index < -0.39 is 0 Å². The van der Waals surface area contributed by atoms with E-state index in [1.54, 1.807) is 7.11 Å². The topological polar surface area (TPSA) is 34.0 Å². The Morgan fingerprint density at radius 1 is 0.704 bits per heavy atom. The van der Waals surface area contributed by atoms with Crippen molar-refractivity contribution in [3.63, 3.8) is 0 Å². The fraction of sp³-hybridized carbons (Fsp3) is 0.348. The molecule has 0 aliphatic carbocycles. The molecule has 0 bridgehead atoms. The Morgan fingerprint density at radius 3 is 1.37 bits per heavy atom. The summed E-state index contributed by atoms with van der Waals surface area (Å²) >= 11 is 0. The summed E-state index contributed by atoms with van der Waals surface area (Å²) in [5, 5.41) is 0. The van der Waals surface area contributed by atoms with Crippen molar-refractivity contribution in [1.29, 1.82) is 0 Å². The summed E-state index contributed by atoms with van der Waals surface area (Å²) in [7, 11) is 1.69. The normalized spacial score (nSPS) is 11.6. The van der Waals surface area contributed by atoms with Crippen LogP contribution in [-0.2, 0) is 16.5 Å². The van der Waals surface area contributed by atoms with Crippen LogP contribution in [0.5, 0.6) is 5.75 Å². The van der Waals surface area contributed by atoms with Gasteiger partial charge in [0.1, 0.15) is 5.75 Å². The van der Waals surface area contributed by atoms with Crippen molar-refractivity contribution in [2.24, 2.45) is 9.98 Å². The molecule has 0 aromatic heterocycles. The molecule has 0 saturated heterocycles. The maximum atomic E-state index is 5.33. The van der Waals surface area contributed by atoms with E-state index in [1.165, 1.54) is 16.7 Å². The molecule has 0 fully saturated rings. The second-order valence-electron chi connectivity index (χ2n) is 6.75. The molecule has 3 nitrogen and oxygen atoms in total. The van der Waals surface area contributed by atoms with Gasteiger partial charge in [0.2, 0.25) is 0 Å². The molecule has 27 heavy (non-hydrogen) atoms. The molecule has 2 aromatic rings. The minimum atomic E-state index is 0. The van der Waals surface area contributed by atoms with Crippen LogP contribution in [0.1, 0.15) is 41.7 Å². The smallest absolute Gasteiger partial charge is 0.119 e. The van der Waals surface area contributed by atoms with Crippen LogP contribution in [0.3, 0.4) is 0 Å². The van der Waals surface area contributed by atoms with Gasteiger partial charge in [0.25, 0.3) is 0 Å². The molecule has 150 valence electrons. The first-order valence-electron chi connectivity index (χ1n) is 8.57. The molecule has 0 N–H and O–H groups in total. The van der Waals surface area contributed by atoms with Crippen LogP contribution in [0.2, 0.25) is 0 Å². The number of hydrogen-bond acceptors (Lipinski definition) is 3. The Hall–Kier alpha value is -1.93. The Labute approximate surface area is 174 Å². The van der Waals surface area contributed by atoms with E-state index in [2.05, 4.69) is 46.8 Å². The Bertz CT molecular complexity index is 821. The standard InChI is InChI=1S/C22H28N2O.CH3.Ni/c1-13-9-14(2)21(15(3)10-13)23-18(6)19(7)24-22-16(4)11-20(25-8)12-17(22)5;;/h9-12H,1-8H3;1H3;/q;-1;. The molecule has 0 atom stereocenters. The van der Waals surface area contributed by atoms with Crippen molar-refractivity contribution in [3.8, 4) is 5.75 Å². The van der Waals surface area contributed by atoms with Crippen molar-refractivity contribution < 1.29 is 21.2 Å². The van der Waals surface area contributed by atoms with Crippen LogP contribution < -0.4 is 4.74 Å². The quantitative estimate of drug-likeness (QED) is 0.319. The summed E-state index contributed by atoms with van der Waals surface area (Å²) in [4.78, 5) is 9.69. The summed E-state index contributed by atoms with van der Waals surface area (Å²) in [5.74, 6) is 0.864. The predicted molar refractivity (Wildman–Crippen MR) is 115 cm³/mol. The zero-order valence-corrected chi connectivity index (χ0v) is 18.9. The summed E-state index contributed by atoms with van der Waals surface area (Å²) in [6.07, 6.45) is 0.